The van der Waals surface area contributed by atoms with E-state index in [1.165, 1.54) is 0 Å². The summed E-state index contributed by atoms with van der Waals surface area (Å²) >= 11 is 0. The van der Waals surface area contributed by atoms with E-state index in [4.69, 9.17) is 14.0 Å². The Morgan fingerprint density at radius 1 is 1.18 bits per heavy atom. The van der Waals surface area contributed by atoms with Gasteiger partial charge in [0, 0.05) is 18.2 Å². The maximum Gasteiger partial charge on any atom is 0.192 e. The van der Waals surface area contributed by atoms with Gasteiger partial charge in [-0.1, -0.05) is 19.0 Å². The quantitative estimate of drug-likeness (QED) is 0.319. The van der Waals surface area contributed by atoms with Gasteiger partial charge in [-0.05, 0) is 38.0 Å². The van der Waals surface area contributed by atoms with Crippen molar-refractivity contribution < 1.29 is 14.0 Å². The molecule has 0 amide bonds. The maximum absolute atomic E-state index is 5.48. The van der Waals surface area contributed by atoms with Gasteiger partial charge in [0.05, 0.1) is 26.0 Å². The van der Waals surface area contributed by atoms with E-state index < -0.39 is 0 Å². The Bertz CT molecular complexity index is 762. The summed E-state index contributed by atoms with van der Waals surface area (Å²) in [4.78, 5) is 4.61. The van der Waals surface area contributed by atoms with E-state index in [0.717, 1.165) is 35.1 Å². The van der Waals surface area contributed by atoms with Gasteiger partial charge in [-0.25, -0.2) is 4.99 Å². The molecule has 0 aliphatic heterocycles. The van der Waals surface area contributed by atoms with Gasteiger partial charge in [0.15, 0.2) is 11.7 Å². The maximum atomic E-state index is 5.48. The highest BCUT2D eigenvalue weighted by Crippen LogP contribution is 2.29. The Balaban J connectivity index is 0.00000392. The minimum atomic E-state index is -0.0335. The summed E-state index contributed by atoms with van der Waals surface area (Å²) in [6, 6.07) is 7.66. The number of ether oxygens (including phenoxy) is 2. The van der Waals surface area contributed by atoms with Crippen molar-refractivity contribution in [1.29, 1.82) is 0 Å². The highest BCUT2D eigenvalue weighted by atomic mass is 127. The molecule has 0 radical (unpaired) electrons. The molecule has 1 aromatic heterocycles. The van der Waals surface area contributed by atoms with E-state index in [-0.39, 0.29) is 30.0 Å². The number of hydrogen-bond acceptors (Lipinski definition) is 5. The lowest BCUT2D eigenvalue weighted by Gasteiger charge is -2.20. The van der Waals surface area contributed by atoms with Crippen LogP contribution < -0.4 is 20.1 Å². The molecule has 2 rings (SSSR count). The molecule has 0 aliphatic carbocycles. The van der Waals surface area contributed by atoms with E-state index in [1.54, 1.807) is 14.2 Å². The standard InChI is InChI=1S/C20H30N4O3.HI/c1-7-21-20(22-12-16-11-18(13(2)3)24-27-16)23-14(4)17-10-15(25-5)8-9-19(17)26-6;/h8-11,13-14H,7,12H2,1-6H3,(H2,21,22,23);1H. The molecule has 1 unspecified atom stereocenters. The summed E-state index contributed by atoms with van der Waals surface area (Å²) in [5.41, 5.74) is 1.93. The average Bonchev–Trinajstić information content (AvgIpc) is 3.15. The van der Waals surface area contributed by atoms with E-state index in [1.807, 2.05) is 31.2 Å². The third kappa shape index (κ3) is 6.57. The van der Waals surface area contributed by atoms with Crippen molar-refractivity contribution in [1.82, 2.24) is 15.8 Å². The normalized spacial score (nSPS) is 12.3. The number of benzene rings is 1. The highest BCUT2D eigenvalue weighted by Gasteiger charge is 2.15. The first-order valence-electron chi connectivity index (χ1n) is 9.20. The minimum Gasteiger partial charge on any atom is -0.497 e. The molecule has 2 N–H and O–H groups in total. The van der Waals surface area contributed by atoms with Crippen molar-refractivity contribution >= 4 is 29.9 Å². The second kappa shape index (κ2) is 11.8. The van der Waals surface area contributed by atoms with Crippen LogP contribution in [-0.4, -0.2) is 31.9 Å². The number of nitrogens with zero attached hydrogens (tertiary/aromatic N) is 2. The Labute approximate surface area is 184 Å². The number of rotatable bonds is 8. The fraction of sp³-hybridized carbons (Fsp3) is 0.500. The van der Waals surface area contributed by atoms with E-state index >= 15 is 0 Å². The van der Waals surface area contributed by atoms with Crippen molar-refractivity contribution in [3.05, 3.63) is 41.3 Å². The second-order valence-electron chi connectivity index (χ2n) is 6.54. The van der Waals surface area contributed by atoms with Crippen molar-refractivity contribution in [3.63, 3.8) is 0 Å². The molecule has 0 aliphatic rings. The molecule has 0 spiro atoms. The first-order valence-corrected chi connectivity index (χ1v) is 9.20. The highest BCUT2D eigenvalue weighted by molar-refractivity contribution is 14.0. The van der Waals surface area contributed by atoms with Gasteiger partial charge in [0.2, 0.25) is 0 Å². The van der Waals surface area contributed by atoms with E-state index in [2.05, 4.69) is 41.6 Å². The fourth-order valence-corrected chi connectivity index (χ4v) is 2.61. The largest absolute Gasteiger partial charge is 0.497 e. The Hall–Kier alpha value is -1.97. The number of halogens is 1. The molecule has 0 fully saturated rings. The van der Waals surface area contributed by atoms with Crippen LogP contribution in [0.25, 0.3) is 0 Å². The molecular weight excluding hydrogens is 471 g/mol. The third-order valence-corrected chi connectivity index (χ3v) is 4.16. The Kier molecular flexibility index (Phi) is 10.1. The molecule has 1 atom stereocenters. The molecule has 0 bridgehead atoms. The fourth-order valence-electron chi connectivity index (χ4n) is 2.61. The van der Waals surface area contributed by atoms with E-state index in [9.17, 15) is 0 Å². The molecule has 7 nitrogen and oxygen atoms in total. The molecule has 1 heterocycles. The number of aromatic nitrogens is 1. The number of guanidine groups is 1. The average molecular weight is 502 g/mol. The van der Waals surface area contributed by atoms with Crippen LogP contribution in [0.3, 0.4) is 0 Å². The molecule has 2 aromatic rings. The van der Waals surface area contributed by atoms with Crippen LogP contribution in [0.5, 0.6) is 11.5 Å². The monoisotopic (exact) mass is 502 g/mol. The first-order chi connectivity index (χ1) is 13.0. The number of aliphatic imine (C=N–C) groups is 1. The van der Waals surface area contributed by atoms with Crippen LogP contribution in [-0.2, 0) is 6.54 Å². The van der Waals surface area contributed by atoms with Gasteiger partial charge in [-0.3, -0.25) is 0 Å². The van der Waals surface area contributed by atoms with Crippen LogP contribution in [0, 0.1) is 0 Å². The molecule has 28 heavy (non-hydrogen) atoms. The SMILES string of the molecule is CCNC(=NCc1cc(C(C)C)no1)NC(C)c1cc(OC)ccc1OC.I. The van der Waals surface area contributed by atoms with Crippen molar-refractivity contribution in [3.8, 4) is 11.5 Å². The summed E-state index contributed by atoms with van der Waals surface area (Å²) in [5, 5.41) is 10.7. The first kappa shape index (κ1) is 24.1. The van der Waals surface area contributed by atoms with Crippen LogP contribution in [0.4, 0.5) is 0 Å². The van der Waals surface area contributed by atoms with Crippen LogP contribution in [0.2, 0.25) is 0 Å². The zero-order valence-electron chi connectivity index (χ0n) is 17.4. The van der Waals surface area contributed by atoms with Crippen LogP contribution >= 0.6 is 24.0 Å². The summed E-state index contributed by atoms with van der Waals surface area (Å²) in [6.07, 6.45) is 0. The summed E-state index contributed by atoms with van der Waals surface area (Å²) in [6.45, 7) is 9.41. The van der Waals surface area contributed by atoms with E-state index in [0.29, 0.717) is 18.4 Å². The molecule has 156 valence electrons. The third-order valence-electron chi connectivity index (χ3n) is 4.16. The van der Waals surface area contributed by atoms with Crippen LogP contribution in [0.1, 0.15) is 56.7 Å². The molecule has 8 heteroatoms. The van der Waals surface area contributed by atoms with Crippen molar-refractivity contribution in [2.45, 2.75) is 46.2 Å². The lowest BCUT2D eigenvalue weighted by molar-refractivity contribution is 0.376. The van der Waals surface area contributed by atoms with Gasteiger partial charge < -0.3 is 24.6 Å². The molecule has 0 saturated carbocycles. The number of hydrogen-bond donors (Lipinski definition) is 2. The minimum absolute atomic E-state index is 0. The van der Waals surface area contributed by atoms with Gasteiger partial charge in [-0.2, -0.15) is 0 Å². The van der Waals surface area contributed by atoms with Crippen molar-refractivity contribution in [2.24, 2.45) is 4.99 Å². The summed E-state index contributed by atoms with van der Waals surface area (Å²) in [7, 11) is 3.31. The van der Waals surface area contributed by atoms with Gasteiger partial charge in [0.1, 0.15) is 18.0 Å². The topological polar surface area (TPSA) is 80.9 Å². The zero-order chi connectivity index (χ0) is 19.8. The van der Waals surface area contributed by atoms with Crippen LogP contribution in [0.15, 0.2) is 33.8 Å². The molecule has 1 aromatic carbocycles. The lowest BCUT2D eigenvalue weighted by Crippen LogP contribution is -2.38. The van der Waals surface area contributed by atoms with Gasteiger partial charge >= 0.3 is 0 Å². The Morgan fingerprint density at radius 3 is 2.50 bits per heavy atom. The molecule has 0 saturated heterocycles. The van der Waals surface area contributed by atoms with Gasteiger partial charge in [-0.15, -0.1) is 24.0 Å². The van der Waals surface area contributed by atoms with Gasteiger partial charge in [0.25, 0.3) is 0 Å². The van der Waals surface area contributed by atoms with Crippen molar-refractivity contribution in [2.75, 3.05) is 20.8 Å². The smallest absolute Gasteiger partial charge is 0.192 e. The number of methoxy groups -OCH3 is 2. The lowest BCUT2D eigenvalue weighted by atomic mass is 10.1. The summed E-state index contributed by atoms with van der Waals surface area (Å²) in [5.74, 6) is 3.34. The second-order valence-corrected chi connectivity index (χ2v) is 6.54. The zero-order valence-corrected chi connectivity index (χ0v) is 19.7. The Morgan fingerprint density at radius 2 is 1.93 bits per heavy atom. The predicted molar refractivity (Wildman–Crippen MR) is 122 cm³/mol. The summed E-state index contributed by atoms with van der Waals surface area (Å²) < 4.78 is 16.2. The number of nitrogens with one attached hydrogen (secondary N) is 2. The predicted octanol–water partition coefficient (Wildman–Crippen LogP) is 4.25. The molecular formula is C20H31IN4O3.